The van der Waals surface area contributed by atoms with Gasteiger partial charge in [0, 0.05) is 51.8 Å². The normalized spacial score (nSPS) is 23.8. The van der Waals surface area contributed by atoms with Crippen molar-refractivity contribution in [1.82, 2.24) is 19.6 Å². The third-order valence-electron chi connectivity index (χ3n) is 5.11. The van der Waals surface area contributed by atoms with Gasteiger partial charge in [-0.15, -0.1) is 0 Å². The Morgan fingerprint density at radius 3 is 2.91 bits per heavy atom. The third-order valence-corrected chi connectivity index (χ3v) is 5.11. The van der Waals surface area contributed by atoms with E-state index in [9.17, 15) is 4.79 Å². The number of carbonyl (C=O) groups is 1. The third kappa shape index (κ3) is 4.32. The molecule has 3 rings (SSSR count). The van der Waals surface area contributed by atoms with Crippen molar-refractivity contribution >= 4 is 5.91 Å². The van der Waals surface area contributed by atoms with Crippen LogP contribution in [0.4, 0.5) is 0 Å². The highest BCUT2D eigenvalue weighted by Gasteiger charge is 2.31. The second-order valence-corrected chi connectivity index (χ2v) is 6.71. The first kappa shape index (κ1) is 16.5. The van der Waals surface area contributed by atoms with Crippen LogP contribution in [0.2, 0.25) is 0 Å². The lowest BCUT2D eigenvalue weighted by Gasteiger charge is -2.40. The highest BCUT2D eigenvalue weighted by atomic mass is 16.5. The molecule has 6 nitrogen and oxygen atoms in total. The lowest BCUT2D eigenvalue weighted by atomic mass is 9.93. The molecule has 0 spiro atoms. The molecule has 1 aromatic rings. The van der Waals surface area contributed by atoms with Gasteiger partial charge in [0.2, 0.25) is 5.91 Å². The molecule has 2 aliphatic rings. The zero-order valence-electron chi connectivity index (χ0n) is 14.1. The highest BCUT2D eigenvalue weighted by molar-refractivity contribution is 5.78. The molecule has 128 valence electrons. The number of aromatic nitrogens is 2. The van der Waals surface area contributed by atoms with Gasteiger partial charge < -0.3 is 9.64 Å². The van der Waals surface area contributed by atoms with Crippen LogP contribution in [0.3, 0.4) is 0 Å². The van der Waals surface area contributed by atoms with Crippen LogP contribution in [0.15, 0.2) is 18.5 Å². The molecular formula is C17H28N4O2. The number of nitrogens with zero attached hydrogens (tertiary/aromatic N) is 4. The minimum absolute atomic E-state index is 0.147. The van der Waals surface area contributed by atoms with E-state index < -0.39 is 0 Å². The van der Waals surface area contributed by atoms with Crippen LogP contribution >= 0.6 is 0 Å². The molecule has 2 fully saturated rings. The minimum Gasteiger partial charge on any atom is -0.381 e. The number of likely N-dealkylation sites (tertiary alicyclic amines) is 1. The van der Waals surface area contributed by atoms with Gasteiger partial charge in [-0.25, -0.2) is 0 Å². The van der Waals surface area contributed by atoms with E-state index in [-0.39, 0.29) is 11.8 Å². The Morgan fingerprint density at radius 2 is 2.17 bits per heavy atom. The highest BCUT2D eigenvalue weighted by Crippen LogP contribution is 2.24. The first-order chi connectivity index (χ1) is 11.2. The Morgan fingerprint density at radius 1 is 1.35 bits per heavy atom. The fourth-order valence-corrected chi connectivity index (χ4v) is 3.70. The summed E-state index contributed by atoms with van der Waals surface area (Å²) in [5, 5.41) is 4.19. The van der Waals surface area contributed by atoms with Crippen molar-refractivity contribution in [2.24, 2.45) is 5.92 Å². The van der Waals surface area contributed by atoms with E-state index in [0.29, 0.717) is 12.6 Å². The number of ether oxygens (including phenoxy) is 1. The number of piperidine rings is 1. The first-order valence-electron chi connectivity index (χ1n) is 8.78. The van der Waals surface area contributed by atoms with Crippen LogP contribution < -0.4 is 0 Å². The number of hydrogen-bond donors (Lipinski definition) is 0. The maximum absolute atomic E-state index is 12.7. The molecule has 0 N–H and O–H groups in total. The minimum atomic E-state index is 0.147. The van der Waals surface area contributed by atoms with E-state index in [1.54, 1.807) is 6.20 Å². The molecule has 0 bridgehead atoms. The second-order valence-electron chi connectivity index (χ2n) is 6.71. The SMILES string of the molecule is CN(CCn1cccn1)C(=O)[C@H]1CCCN(C2CCOCC2)C1. The van der Waals surface area contributed by atoms with Crippen LogP contribution in [0.5, 0.6) is 0 Å². The monoisotopic (exact) mass is 320 g/mol. The van der Waals surface area contributed by atoms with Gasteiger partial charge in [-0.05, 0) is 38.3 Å². The molecule has 1 amide bonds. The summed E-state index contributed by atoms with van der Waals surface area (Å²) in [5.74, 6) is 0.433. The summed E-state index contributed by atoms with van der Waals surface area (Å²) in [4.78, 5) is 17.1. The molecule has 0 aromatic carbocycles. The number of rotatable bonds is 5. The molecule has 0 aliphatic carbocycles. The van der Waals surface area contributed by atoms with E-state index in [0.717, 1.165) is 58.5 Å². The Labute approximate surface area is 138 Å². The van der Waals surface area contributed by atoms with Crippen molar-refractivity contribution in [1.29, 1.82) is 0 Å². The number of hydrogen-bond acceptors (Lipinski definition) is 4. The summed E-state index contributed by atoms with van der Waals surface area (Å²) in [5.41, 5.74) is 0. The van der Waals surface area contributed by atoms with Crippen molar-refractivity contribution in [3.05, 3.63) is 18.5 Å². The molecule has 2 saturated heterocycles. The molecule has 6 heteroatoms. The Hall–Kier alpha value is -1.40. The van der Waals surface area contributed by atoms with Gasteiger partial charge in [0.25, 0.3) is 0 Å². The molecule has 3 heterocycles. The quantitative estimate of drug-likeness (QED) is 0.819. The van der Waals surface area contributed by atoms with E-state index in [1.807, 2.05) is 28.9 Å². The van der Waals surface area contributed by atoms with Gasteiger partial charge in [-0.2, -0.15) is 5.10 Å². The summed E-state index contributed by atoms with van der Waals surface area (Å²) in [6, 6.07) is 2.52. The van der Waals surface area contributed by atoms with Gasteiger partial charge in [0.05, 0.1) is 12.5 Å². The van der Waals surface area contributed by atoms with Crippen LogP contribution in [0.25, 0.3) is 0 Å². The number of carbonyl (C=O) groups excluding carboxylic acids is 1. The molecular weight excluding hydrogens is 292 g/mol. The summed E-state index contributed by atoms with van der Waals surface area (Å²) in [6.45, 7) is 5.24. The maximum atomic E-state index is 12.7. The molecule has 23 heavy (non-hydrogen) atoms. The zero-order chi connectivity index (χ0) is 16.1. The lowest BCUT2D eigenvalue weighted by molar-refractivity contribution is -0.136. The Kier molecular flexibility index (Phi) is 5.67. The van der Waals surface area contributed by atoms with Gasteiger partial charge >= 0.3 is 0 Å². The van der Waals surface area contributed by atoms with Gasteiger partial charge in [-0.3, -0.25) is 14.4 Å². The van der Waals surface area contributed by atoms with Crippen LogP contribution in [0, 0.1) is 5.92 Å². The smallest absolute Gasteiger partial charge is 0.226 e. The lowest BCUT2D eigenvalue weighted by Crippen LogP contribution is -2.49. The summed E-state index contributed by atoms with van der Waals surface area (Å²) >= 11 is 0. The largest absolute Gasteiger partial charge is 0.381 e. The molecule has 2 aliphatic heterocycles. The van der Waals surface area contributed by atoms with E-state index in [2.05, 4.69) is 10.00 Å². The molecule has 0 saturated carbocycles. The summed E-state index contributed by atoms with van der Waals surface area (Å²) < 4.78 is 7.33. The molecule has 1 atom stereocenters. The van der Waals surface area contributed by atoms with Crippen LogP contribution in [0.1, 0.15) is 25.7 Å². The van der Waals surface area contributed by atoms with Gasteiger partial charge in [0.1, 0.15) is 0 Å². The van der Waals surface area contributed by atoms with Crippen molar-refractivity contribution in [2.45, 2.75) is 38.3 Å². The Bertz CT molecular complexity index is 485. The van der Waals surface area contributed by atoms with Gasteiger partial charge in [0.15, 0.2) is 0 Å². The average Bonchev–Trinajstić information content (AvgIpc) is 3.13. The Balaban J connectivity index is 1.49. The summed E-state index contributed by atoms with van der Waals surface area (Å²) in [7, 11) is 1.92. The van der Waals surface area contributed by atoms with Crippen LogP contribution in [-0.4, -0.2) is 71.4 Å². The van der Waals surface area contributed by atoms with Crippen molar-refractivity contribution in [3.63, 3.8) is 0 Å². The van der Waals surface area contributed by atoms with Crippen molar-refractivity contribution < 1.29 is 9.53 Å². The predicted molar refractivity (Wildman–Crippen MR) is 88.0 cm³/mol. The van der Waals surface area contributed by atoms with Gasteiger partial charge in [-0.1, -0.05) is 0 Å². The standard InChI is InChI=1S/C17H28N4O2/c1-19(10-11-21-9-3-7-18-21)17(22)15-4-2-8-20(14-15)16-5-12-23-13-6-16/h3,7,9,15-16H,2,4-6,8,10-14H2,1H3/t15-/m0/s1. The van der Waals surface area contributed by atoms with Crippen molar-refractivity contribution in [2.75, 3.05) is 39.9 Å². The summed E-state index contributed by atoms with van der Waals surface area (Å²) in [6.07, 6.45) is 8.07. The predicted octanol–water partition coefficient (Wildman–Crippen LogP) is 1.23. The second kappa shape index (κ2) is 7.93. The maximum Gasteiger partial charge on any atom is 0.226 e. The van der Waals surface area contributed by atoms with Crippen LogP contribution in [-0.2, 0) is 16.1 Å². The van der Waals surface area contributed by atoms with E-state index in [1.165, 1.54) is 0 Å². The molecule has 0 radical (unpaired) electrons. The number of amides is 1. The fourth-order valence-electron chi connectivity index (χ4n) is 3.70. The van der Waals surface area contributed by atoms with E-state index >= 15 is 0 Å². The number of likely N-dealkylation sites (N-methyl/N-ethyl adjacent to an activating group) is 1. The molecule has 1 aromatic heterocycles. The first-order valence-corrected chi connectivity index (χ1v) is 8.78. The molecule has 0 unspecified atom stereocenters. The topological polar surface area (TPSA) is 50.6 Å². The van der Waals surface area contributed by atoms with Crippen molar-refractivity contribution in [3.8, 4) is 0 Å². The van der Waals surface area contributed by atoms with E-state index in [4.69, 9.17) is 4.74 Å². The average molecular weight is 320 g/mol. The zero-order valence-corrected chi connectivity index (χ0v) is 14.1. The fraction of sp³-hybridized carbons (Fsp3) is 0.765.